The Balaban J connectivity index is 1.76. The van der Waals surface area contributed by atoms with Gasteiger partial charge in [0.2, 0.25) is 0 Å². The molecule has 0 saturated heterocycles. The van der Waals surface area contributed by atoms with Gasteiger partial charge in [-0.3, -0.25) is 4.79 Å². The van der Waals surface area contributed by atoms with Crippen molar-refractivity contribution in [3.8, 4) is 12.3 Å². The van der Waals surface area contributed by atoms with Crippen LogP contribution < -0.4 is 0 Å². The van der Waals surface area contributed by atoms with E-state index in [-0.39, 0.29) is 16.6 Å². The summed E-state index contributed by atoms with van der Waals surface area (Å²) in [5.41, 5.74) is 1.47. The minimum atomic E-state index is -0.978. The van der Waals surface area contributed by atoms with Crippen LogP contribution in [-0.4, -0.2) is 21.6 Å². The van der Waals surface area contributed by atoms with Crippen LogP contribution in [0.4, 0.5) is 0 Å². The fourth-order valence-electron chi connectivity index (χ4n) is 7.37. The Morgan fingerprint density at radius 1 is 1.19 bits per heavy atom. The number of aliphatic hydroxyl groups is 2. The van der Waals surface area contributed by atoms with Crippen LogP contribution in [0.2, 0.25) is 0 Å². The highest BCUT2D eigenvalue weighted by Crippen LogP contribution is 2.68. The Morgan fingerprint density at radius 3 is 2.54 bits per heavy atom. The Labute approximate surface area is 156 Å². The number of carbonyl (C=O) groups excluding carboxylic acids is 1. The van der Waals surface area contributed by atoms with E-state index in [1.807, 2.05) is 6.92 Å². The number of hydrogen-bond donors (Lipinski definition) is 2. The lowest BCUT2D eigenvalue weighted by Gasteiger charge is -2.59. The van der Waals surface area contributed by atoms with Gasteiger partial charge in [-0.05, 0) is 80.6 Å². The van der Waals surface area contributed by atoms with Crippen LogP contribution in [0.3, 0.4) is 0 Å². The maximum atomic E-state index is 12.5. The molecular formula is C23H30O3. The molecule has 3 saturated carbocycles. The number of ketones is 1. The van der Waals surface area contributed by atoms with Crippen molar-refractivity contribution in [3.63, 3.8) is 0 Å². The molecule has 4 rings (SSSR count). The Kier molecular flexibility index (Phi) is 3.77. The topological polar surface area (TPSA) is 57.5 Å². The molecule has 4 aliphatic rings. The van der Waals surface area contributed by atoms with Crippen molar-refractivity contribution in [1.29, 1.82) is 0 Å². The van der Waals surface area contributed by atoms with Crippen molar-refractivity contribution >= 4 is 5.78 Å². The molecule has 2 N–H and O–H groups in total. The van der Waals surface area contributed by atoms with Gasteiger partial charge >= 0.3 is 0 Å². The number of fused-ring (bicyclic) bond motifs is 5. The first-order valence-electron chi connectivity index (χ1n) is 10.00. The number of hydrogen-bond acceptors (Lipinski definition) is 3. The predicted molar refractivity (Wildman–Crippen MR) is 101 cm³/mol. The highest BCUT2D eigenvalue weighted by atomic mass is 16.3. The van der Waals surface area contributed by atoms with E-state index in [2.05, 4.69) is 19.8 Å². The van der Waals surface area contributed by atoms with E-state index in [4.69, 9.17) is 6.42 Å². The van der Waals surface area contributed by atoms with Gasteiger partial charge < -0.3 is 10.2 Å². The largest absolute Gasteiger partial charge is 0.515 e. The van der Waals surface area contributed by atoms with E-state index in [1.54, 1.807) is 0 Å². The highest BCUT2D eigenvalue weighted by molar-refractivity contribution is 6.09. The van der Waals surface area contributed by atoms with Gasteiger partial charge in [-0.15, -0.1) is 6.42 Å². The zero-order chi connectivity index (χ0) is 18.9. The summed E-state index contributed by atoms with van der Waals surface area (Å²) in [6.45, 7) is 6.42. The quantitative estimate of drug-likeness (QED) is 0.387. The summed E-state index contributed by atoms with van der Waals surface area (Å²) in [6.07, 6.45) is 13.1. The van der Waals surface area contributed by atoms with E-state index in [0.29, 0.717) is 36.2 Å². The molecule has 140 valence electrons. The van der Waals surface area contributed by atoms with Crippen molar-refractivity contribution in [3.05, 3.63) is 23.0 Å². The van der Waals surface area contributed by atoms with Gasteiger partial charge in [0.1, 0.15) is 5.60 Å². The van der Waals surface area contributed by atoms with Crippen molar-refractivity contribution in [1.82, 2.24) is 0 Å². The second-order valence-corrected chi connectivity index (χ2v) is 9.60. The lowest BCUT2D eigenvalue weighted by Crippen LogP contribution is -2.54. The molecule has 0 radical (unpaired) electrons. The fraction of sp³-hybridized carbons (Fsp3) is 0.696. The van der Waals surface area contributed by atoms with Crippen LogP contribution in [0.15, 0.2) is 23.0 Å². The summed E-state index contributed by atoms with van der Waals surface area (Å²) in [5.74, 6) is 4.21. The van der Waals surface area contributed by atoms with Crippen molar-refractivity contribution < 1.29 is 15.0 Å². The molecule has 0 spiro atoms. The standard InChI is InChI=1S/C23H30O3/c1-5-23(26)11-9-19-16-6-7-17-14(2)20(25)15(13-24)12-21(17,3)18(16)8-10-22(19,23)4/h1,13,16,18-19,24,26H,6-12H2,2-4H3/t16-,18+,19+,21+,22+,23+/m1/s1. The highest BCUT2D eigenvalue weighted by Gasteiger charge is 2.64. The second kappa shape index (κ2) is 5.49. The van der Waals surface area contributed by atoms with E-state index in [0.717, 1.165) is 43.9 Å². The number of Topliss-reactive ketones (excluding diaryl/α,β-unsaturated/α-hetero) is 1. The summed E-state index contributed by atoms with van der Waals surface area (Å²) in [6, 6.07) is 0. The van der Waals surface area contributed by atoms with Crippen LogP contribution in [0.25, 0.3) is 0 Å². The first-order valence-corrected chi connectivity index (χ1v) is 10.00. The number of terminal acetylenes is 1. The monoisotopic (exact) mass is 354 g/mol. The summed E-state index contributed by atoms with van der Waals surface area (Å²) < 4.78 is 0. The van der Waals surface area contributed by atoms with E-state index in [9.17, 15) is 15.0 Å². The van der Waals surface area contributed by atoms with Gasteiger partial charge in [-0.2, -0.15) is 0 Å². The number of carbonyl (C=O) groups is 1. The van der Waals surface area contributed by atoms with Gasteiger partial charge in [-0.1, -0.05) is 25.3 Å². The molecule has 3 nitrogen and oxygen atoms in total. The Hall–Kier alpha value is -1.53. The molecule has 0 heterocycles. The second-order valence-electron chi connectivity index (χ2n) is 9.60. The smallest absolute Gasteiger partial charge is 0.187 e. The average molecular weight is 354 g/mol. The van der Waals surface area contributed by atoms with Gasteiger partial charge in [0, 0.05) is 11.0 Å². The van der Waals surface area contributed by atoms with Crippen molar-refractivity contribution in [2.75, 3.05) is 0 Å². The molecule has 3 fully saturated rings. The molecular weight excluding hydrogens is 324 g/mol. The first-order chi connectivity index (χ1) is 12.2. The lowest BCUT2D eigenvalue weighted by atomic mass is 9.45. The summed E-state index contributed by atoms with van der Waals surface area (Å²) in [7, 11) is 0. The molecule has 0 aliphatic heterocycles. The van der Waals surface area contributed by atoms with Crippen LogP contribution in [0.1, 0.15) is 65.7 Å². The van der Waals surface area contributed by atoms with Crippen molar-refractivity contribution in [2.24, 2.45) is 28.6 Å². The summed E-state index contributed by atoms with van der Waals surface area (Å²) >= 11 is 0. The predicted octanol–water partition coefficient (Wildman–Crippen LogP) is 4.32. The van der Waals surface area contributed by atoms with Crippen LogP contribution in [0.5, 0.6) is 0 Å². The van der Waals surface area contributed by atoms with E-state index in [1.165, 1.54) is 5.57 Å². The minimum absolute atomic E-state index is 0.0154. The van der Waals surface area contributed by atoms with E-state index < -0.39 is 5.60 Å². The molecule has 0 unspecified atom stereocenters. The average Bonchev–Trinajstić information content (AvgIpc) is 2.90. The molecule has 0 aromatic rings. The summed E-state index contributed by atoms with van der Waals surface area (Å²) in [4.78, 5) is 12.5. The van der Waals surface area contributed by atoms with Crippen molar-refractivity contribution in [2.45, 2.75) is 71.3 Å². The van der Waals surface area contributed by atoms with Crippen LogP contribution in [-0.2, 0) is 4.79 Å². The van der Waals surface area contributed by atoms with Gasteiger partial charge in [0.15, 0.2) is 5.78 Å². The van der Waals surface area contributed by atoms with Crippen LogP contribution in [0, 0.1) is 40.9 Å². The lowest BCUT2D eigenvalue weighted by molar-refractivity contribution is -0.116. The number of allylic oxidation sites excluding steroid dienone is 2. The summed E-state index contributed by atoms with van der Waals surface area (Å²) in [5, 5.41) is 20.7. The number of rotatable bonds is 0. The third-order valence-corrected chi connectivity index (χ3v) is 8.86. The molecule has 26 heavy (non-hydrogen) atoms. The molecule has 3 heteroatoms. The third kappa shape index (κ3) is 1.97. The Bertz CT molecular complexity index is 769. The van der Waals surface area contributed by atoms with Gasteiger partial charge in [0.25, 0.3) is 0 Å². The molecule has 6 atom stereocenters. The zero-order valence-corrected chi connectivity index (χ0v) is 16.1. The van der Waals surface area contributed by atoms with Gasteiger partial charge in [0.05, 0.1) is 6.26 Å². The normalized spacial score (nSPS) is 49.4. The molecule has 4 aliphatic carbocycles. The Morgan fingerprint density at radius 2 is 1.88 bits per heavy atom. The van der Waals surface area contributed by atoms with Gasteiger partial charge in [-0.25, -0.2) is 0 Å². The maximum Gasteiger partial charge on any atom is 0.187 e. The SMILES string of the molecule is C#C[C@]1(O)CC[C@H]2[C@@H]3CCC4=C(C)C(=O)C(=CO)C[C@]4(C)[C@H]3CC[C@@]21C. The molecule has 0 aromatic carbocycles. The third-order valence-electron chi connectivity index (χ3n) is 8.86. The molecule has 0 bridgehead atoms. The van der Waals surface area contributed by atoms with E-state index >= 15 is 0 Å². The molecule has 0 amide bonds. The number of aliphatic hydroxyl groups excluding tert-OH is 1. The fourth-order valence-corrected chi connectivity index (χ4v) is 7.37. The maximum absolute atomic E-state index is 12.5. The zero-order valence-electron chi connectivity index (χ0n) is 16.1. The first kappa shape index (κ1) is 17.9. The minimum Gasteiger partial charge on any atom is -0.515 e. The molecule has 0 aromatic heterocycles. The van der Waals surface area contributed by atoms with Crippen LogP contribution >= 0.6 is 0 Å².